The molecular formula is C19H23N5O5S. The number of carbonyl (C=O) groups is 1. The summed E-state index contributed by atoms with van der Waals surface area (Å²) in [5.41, 5.74) is 1.73. The van der Waals surface area contributed by atoms with Crippen molar-refractivity contribution < 1.29 is 18.1 Å². The van der Waals surface area contributed by atoms with Crippen LogP contribution in [-0.4, -0.2) is 56.8 Å². The zero-order chi connectivity index (χ0) is 21.9. The highest BCUT2D eigenvalue weighted by molar-refractivity contribution is 7.89. The summed E-state index contributed by atoms with van der Waals surface area (Å²) < 4.78 is 27.3. The normalized spacial score (nSPS) is 14.9. The Balaban J connectivity index is 1.70. The van der Waals surface area contributed by atoms with Crippen LogP contribution in [0.15, 0.2) is 47.4 Å². The monoisotopic (exact) mass is 433 g/mol. The van der Waals surface area contributed by atoms with Crippen molar-refractivity contribution in [3.05, 3.63) is 52.6 Å². The SMILES string of the molecule is CNc1cc(N2CCN(S(=O)(=O)c3ccc(NC(C)=O)cc3)CC2)ccc1[N+](=O)[O-]. The van der Waals surface area contributed by atoms with Crippen LogP contribution in [0.5, 0.6) is 0 Å². The van der Waals surface area contributed by atoms with Crippen molar-refractivity contribution >= 4 is 38.7 Å². The Morgan fingerprint density at radius 2 is 1.70 bits per heavy atom. The Hall–Kier alpha value is -3.18. The molecule has 1 heterocycles. The number of carbonyl (C=O) groups excluding carboxylic acids is 1. The largest absolute Gasteiger partial charge is 0.383 e. The number of benzene rings is 2. The van der Waals surface area contributed by atoms with Gasteiger partial charge in [0.05, 0.1) is 9.82 Å². The molecule has 2 aromatic rings. The third-order valence-electron chi connectivity index (χ3n) is 4.86. The Morgan fingerprint density at radius 1 is 1.07 bits per heavy atom. The summed E-state index contributed by atoms with van der Waals surface area (Å²) in [5.74, 6) is -0.227. The van der Waals surface area contributed by atoms with E-state index in [4.69, 9.17) is 0 Å². The lowest BCUT2D eigenvalue weighted by atomic mass is 10.2. The molecule has 0 aromatic heterocycles. The molecule has 2 aromatic carbocycles. The van der Waals surface area contributed by atoms with Crippen molar-refractivity contribution in [1.29, 1.82) is 0 Å². The number of nitro benzene ring substituents is 1. The molecule has 0 saturated carbocycles. The van der Waals surface area contributed by atoms with Gasteiger partial charge in [-0.3, -0.25) is 14.9 Å². The van der Waals surface area contributed by atoms with Gasteiger partial charge in [-0.25, -0.2) is 8.42 Å². The van der Waals surface area contributed by atoms with Gasteiger partial charge >= 0.3 is 0 Å². The smallest absolute Gasteiger partial charge is 0.292 e. The van der Waals surface area contributed by atoms with Crippen molar-refractivity contribution in [2.45, 2.75) is 11.8 Å². The maximum Gasteiger partial charge on any atom is 0.292 e. The lowest BCUT2D eigenvalue weighted by Gasteiger charge is -2.35. The maximum absolute atomic E-state index is 12.9. The van der Waals surface area contributed by atoms with Crippen LogP contribution >= 0.6 is 0 Å². The number of piperazine rings is 1. The molecule has 0 radical (unpaired) electrons. The van der Waals surface area contributed by atoms with Crippen LogP contribution in [0.2, 0.25) is 0 Å². The number of nitro groups is 1. The maximum atomic E-state index is 12.9. The topological polar surface area (TPSA) is 125 Å². The number of anilines is 3. The minimum atomic E-state index is -3.65. The summed E-state index contributed by atoms with van der Waals surface area (Å²) >= 11 is 0. The number of hydrogen-bond donors (Lipinski definition) is 2. The summed E-state index contributed by atoms with van der Waals surface area (Å²) in [6.45, 7) is 2.90. The number of sulfonamides is 1. The van der Waals surface area contributed by atoms with E-state index in [1.807, 2.05) is 4.90 Å². The molecule has 10 nitrogen and oxygen atoms in total. The van der Waals surface area contributed by atoms with Crippen molar-refractivity contribution in [3.63, 3.8) is 0 Å². The number of nitrogens with zero attached hydrogens (tertiary/aromatic N) is 3. The van der Waals surface area contributed by atoms with Gasteiger partial charge in [-0.15, -0.1) is 0 Å². The quantitative estimate of drug-likeness (QED) is 0.528. The van der Waals surface area contributed by atoms with E-state index in [0.29, 0.717) is 37.6 Å². The van der Waals surface area contributed by atoms with Crippen molar-refractivity contribution in [3.8, 4) is 0 Å². The van der Waals surface area contributed by atoms with Crippen LogP contribution in [0.3, 0.4) is 0 Å². The molecule has 1 amide bonds. The number of nitrogens with one attached hydrogen (secondary N) is 2. The Kier molecular flexibility index (Phi) is 6.22. The van der Waals surface area contributed by atoms with Gasteiger partial charge in [0.15, 0.2) is 0 Å². The molecule has 0 unspecified atom stereocenters. The van der Waals surface area contributed by atoms with E-state index in [1.165, 1.54) is 29.4 Å². The van der Waals surface area contributed by atoms with Crippen molar-refractivity contribution in [2.75, 3.05) is 48.8 Å². The van der Waals surface area contributed by atoms with Gasteiger partial charge in [0.2, 0.25) is 15.9 Å². The summed E-state index contributed by atoms with van der Waals surface area (Å²) in [4.78, 5) is 23.9. The standard InChI is InChI=1S/C19H23N5O5S/c1-14(25)21-15-3-6-17(7-4-15)30(28,29)23-11-9-22(10-12-23)16-5-8-19(24(26)27)18(13-16)20-2/h3-8,13,20H,9-12H2,1-2H3,(H,21,25). The average molecular weight is 433 g/mol. The predicted molar refractivity (Wildman–Crippen MR) is 114 cm³/mol. The Morgan fingerprint density at radius 3 is 2.23 bits per heavy atom. The lowest BCUT2D eigenvalue weighted by molar-refractivity contribution is -0.383. The van der Waals surface area contributed by atoms with Crippen molar-refractivity contribution in [2.24, 2.45) is 0 Å². The summed E-state index contributed by atoms with van der Waals surface area (Å²) in [7, 11) is -2.03. The van der Waals surface area contributed by atoms with Crippen LogP contribution < -0.4 is 15.5 Å². The molecule has 0 aliphatic carbocycles. The van der Waals surface area contributed by atoms with Gasteiger partial charge in [-0.2, -0.15) is 4.31 Å². The molecule has 160 valence electrons. The minimum Gasteiger partial charge on any atom is -0.383 e. The van der Waals surface area contributed by atoms with Gasteiger partial charge in [0, 0.05) is 57.6 Å². The molecule has 11 heteroatoms. The number of amides is 1. The Bertz CT molecular complexity index is 1050. The molecule has 3 rings (SSSR count). The molecule has 0 spiro atoms. The fourth-order valence-corrected chi connectivity index (χ4v) is 4.75. The number of hydrogen-bond acceptors (Lipinski definition) is 7. The highest BCUT2D eigenvalue weighted by Gasteiger charge is 2.29. The number of rotatable bonds is 6. The van der Waals surface area contributed by atoms with Crippen LogP contribution in [-0.2, 0) is 14.8 Å². The van der Waals surface area contributed by atoms with E-state index in [-0.39, 0.29) is 16.5 Å². The van der Waals surface area contributed by atoms with Gasteiger partial charge in [0.25, 0.3) is 5.69 Å². The first-order valence-corrected chi connectivity index (χ1v) is 10.8. The van der Waals surface area contributed by atoms with E-state index in [0.717, 1.165) is 5.69 Å². The van der Waals surface area contributed by atoms with Gasteiger partial charge in [0.1, 0.15) is 5.69 Å². The highest BCUT2D eigenvalue weighted by Crippen LogP contribution is 2.30. The molecule has 2 N–H and O–H groups in total. The minimum absolute atomic E-state index is 0.00910. The molecule has 0 bridgehead atoms. The van der Waals surface area contributed by atoms with E-state index in [2.05, 4.69) is 10.6 Å². The van der Waals surface area contributed by atoms with Gasteiger partial charge in [-0.05, 0) is 36.4 Å². The van der Waals surface area contributed by atoms with Gasteiger partial charge in [-0.1, -0.05) is 0 Å². The second-order valence-electron chi connectivity index (χ2n) is 6.81. The molecule has 1 saturated heterocycles. The predicted octanol–water partition coefficient (Wildman–Crippen LogP) is 2.11. The molecule has 1 aliphatic rings. The highest BCUT2D eigenvalue weighted by atomic mass is 32.2. The fraction of sp³-hybridized carbons (Fsp3) is 0.316. The van der Waals surface area contributed by atoms with E-state index in [1.54, 1.807) is 31.3 Å². The Labute approximate surface area is 174 Å². The zero-order valence-corrected chi connectivity index (χ0v) is 17.5. The van der Waals surface area contributed by atoms with Crippen LogP contribution in [0.1, 0.15) is 6.92 Å². The first-order valence-electron chi connectivity index (χ1n) is 9.31. The summed E-state index contributed by atoms with van der Waals surface area (Å²) in [5, 5.41) is 16.5. The second-order valence-corrected chi connectivity index (χ2v) is 8.74. The van der Waals surface area contributed by atoms with Crippen LogP contribution in [0.4, 0.5) is 22.7 Å². The first kappa shape index (κ1) is 21.5. The van der Waals surface area contributed by atoms with E-state index >= 15 is 0 Å². The molecular weight excluding hydrogens is 410 g/mol. The lowest BCUT2D eigenvalue weighted by Crippen LogP contribution is -2.48. The molecule has 1 fully saturated rings. The third-order valence-corrected chi connectivity index (χ3v) is 6.78. The molecule has 0 atom stereocenters. The van der Waals surface area contributed by atoms with E-state index in [9.17, 15) is 23.3 Å². The summed E-state index contributed by atoms with van der Waals surface area (Å²) in [6.07, 6.45) is 0. The third kappa shape index (κ3) is 4.52. The fourth-order valence-electron chi connectivity index (χ4n) is 3.33. The first-order chi connectivity index (χ1) is 14.2. The molecule has 1 aliphatic heterocycles. The average Bonchev–Trinajstić information content (AvgIpc) is 2.73. The van der Waals surface area contributed by atoms with Crippen LogP contribution in [0, 0.1) is 10.1 Å². The van der Waals surface area contributed by atoms with Gasteiger partial charge < -0.3 is 15.5 Å². The van der Waals surface area contributed by atoms with Crippen LogP contribution in [0.25, 0.3) is 0 Å². The van der Waals surface area contributed by atoms with E-state index < -0.39 is 14.9 Å². The second kappa shape index (κ2) is 8.67. The zero-order valence-electron chi connectivity index (χ0n) is 16.7. The molecule has 30 heavy (non-hydrogen) atoms. The summed E-state index contributed by atoms with van der Waals surface area (Å²) in [6, 6.07) is 10.9. The van der Waals surface area contributed by atoms with Crippen molar-refractivity contribution in [1.82, 2.24) is 4.31 Å².